The highest BCUT2D eigenvalue weighted by Gasteiger charge is 2.09. The minimum atomic E-state index is -0.510. The Hall–Kier alpha value is -3.30. The molecular weight excluding hydrogens is 364 g/mol. The van der Waals surface area contributed by atoms with Gasteiger partial charge in [0.2, 0.25) is 5.91 Å². The molecule has 0 bridgehead atoms. The van der Waals surface area contributed by atoms with Crippen molar-refractivity contribution in [2.45, 2.75) is 13.3 Å². The van der Waals surface area contributed by atoms with Crippen molar-refractivity contribution < 1.29 is 9.59 Å². The maximum Gasteiger partial charge on any atom is 0.267 e. The number of carbonyl (C=O) groups is 2. The minimum absolute atomic E-state index is 0.0305. The lowest BCUT2D eigenvalue weighted by Crippen LogP contribution is -2.18. The third kappa shape index (κ3) is 6.84. The molecule has 27 heavy (non-hydrogen) atoms. The van der Waals surface area contributed by atoms with Gasteiger partial charge in [-0.05, 0) is 48.4 Å². The third-order valence-electron chi connectivity index (χ3n) is 3.55. The molecule has 2 rings (SSSR count). The van der Waals surface area contributed by atoms with Crippen LogP contribution in [0, 0.1) is 11.3 Å². The van der Waals surface area contributed by atoms with E-state index in [0.29, 0.717) is 22.9 Å². The number of carbonyl (C=O) groups excluding carboxylic acids is 2. The van der Waals surface area contributed by atoms with Gasteiger partial charge in [-0.15, -0.1) is 0 Å². The molecule has 7 heteroatoms. The maximum atomic E-state index is 12.2. The summed E-state index contributed by atoms with van der Waals surface area (Å²) in [5.74, 6) is -0.685. The fraction of sp³-hybridized carbons (Fsp3) is 0.150. The molecule has 138 valence electrons. The molecule has 2 aromatic rings. The van der Waals surface area contributed by atoms with Crippen molar-refractivity contribution in [3.05, 3.63) is 70.9 Å². The summed E-state index contributed by atoms with van der Waals surface area (Å²) < 4.78 is 0. The summed E-state index contributed by atoms with van der Waals surface area (Å²) in [4.78, 5) is 23.2. The van der Waals surface area contributed by atoms with Gasteiger partial charge < -0.3 is 16.0 Å². The van der Waals surface area contributed by atoms with Gasteiger partial charge in [-0.2, -0.15) is 5.26 Å². The van der Waals surface area contributed by atoms with E-state index < -0.39 is 5.91 Å². The van der Waals surface area contributed by atoms with Gasteiger partial charge in [-0.25, -0.2) is 0 Å². The van der Waals surface area contributed by atoms with Gasteiger partial charge in [0.1, 0.15) is 11.6 Å². The maximum absolute atomic E-state index is 12.2. The topological polar surface area (TPSA) is 94.0 Å². The molecule has 0 atom stereocenters. The molecule has 2 aromatic carbocycles. The number of nitrogens with zero attached hydrogens (tertiary/aromatic N) is 1. The Morgan fingerprint density at radius 2 is 1.63 bits per heavy atom. The predicted octanol–water partition coefficient (Wildman–Crippen LogP) is 3.48. The van der Waals surface area contributed by atoms with Crippen molar-refractivity contribution in [3.8, 4) is 6.07 Å². The summed E-state index contributed by atoms with van der Waals surface area (Å²) in [6.07, 6.45) is 2.13. The first kappa shape index (κ1) is 20.0. The van der Waals surface area contributed by atoms with E-state index in [1.807, 2.05) is 30.3 Å². The molecule has 0 unspecified atom stereocenters. The van der Waals surface area contributed by atoms with Gasteiger partial charge in [0.15, 0.2) is 0 Å². The predicted molar refractivity (Wildman–Crippen MR) is 106 cm³/mol. The second kappa shape index (κ2) is 10.00. The van der Waals surface area contributed by atoms with Crippen LogP contribution in [0.2, 0.25) is 5.02 Å². The fourth-order valence-corrected chi connectivity index (χ4v) is 2.35. The van der Waals surface area contributed by atoms with Crippen molar-refractivity contribution in [2.75, 3.05) is 17.2 Å². The zero-order valence-corrected chi connectivity index (χ0v) is 15.5. The fourth-order valence-electron chi connectivity index (χ4n) is 2.23. The van der Waals surface area contributed by atoms with E-state index in [2.05, 4.69) is 16.0 Å². The average Bonchev–Trinajstić information content (AvgIpc) is 2.64. The smallest absolute Gasteiger partial charge is 0.267 e. The van der Waals surface area contributed by atoms with Crippen LogP contribution in [0.4, 0.5) is 11.4 Å². The molecule has 0 aliphatic heterocycles. The van der Waals surface area contributed by atoms with Crippen LogP contribution in [0.25, 0.3) is 0 Å². The number of nitriles is 1. The minimum Gasteiger partial charge on any atom is -0.389 e. The van der Waals surface area contributed by atoms with Crippen molar-refractivity contribution in [1.82, 2.24) is 5.32 Å². The largest absolute Gasteiger partial charge is 0.389 e. The molecule has 0 aliphatic rings. The Balaban J connectivity index is 1.87. The number of nitrogens with one attached hydrogen (secondary N) is 3. The molecule has 0 radical (unpaired) electrons. The van der Waals surface area contributed by atoms with Crippen LogP contribution in [0.5, 0.6) is 0 Å². The van der Waals surface area contributed by atoms with Crippen LogP contribution in [0.1, 0.15) is 12.5 Å². The number of rotatable bonds is 7. The van der Waals surface area contributed by atoms with Crippen molar-refractivity contribution in [2.24, 2.45) is 0 Å². The number of hydrogen-bond donors (Lipinski definition) is 3. The summed E-state index contributed by atoms with van der Waals surface area (Å²) in [6, 6.07) is 16.0. The first-order valence-corrected chi connectivity index (χ1v) is 8.63. The Kier molecular flexibility index (Phi) is 7.41. The van der Waals surface area contributed by atoms with Crippen LogP contribution >= 0.6 is 11.6 Å². The standard InChI is InChI=1S/C20H19ClN4O2/c1-14(26)24-18-6-8-19(9-7-18)25-20(27)16(12-22)13-23-11-10-15-2-4-17(21)5-3-15/h2-9,13,23H,10-11H2,1H3,(H,24,26)(H,25,27)/b16-13-. The highest BCUT2D eigenvalue weighted by atomic mass is 35.5. The third-order valence-corrected chi connectivity index (χ3v) is 3.80. The highest BCUT2D eigenvalue weighted by Crippen LogP contribution is 2.14. The molecule has 2 amide bonds. The van der Waals surface area contributed by atoms with Crippen molar-refractivity contribution in [1.29, 1.82) is 5.26 Å². The lowest BCUT2D eigenvalue weighted by molar-refractivity contribution is -0.114. The Morgan fingerprint density at radius 3 is 2.19 bits per heavy atom. The Labute approximate surface area is 162 Å². The molecule has 0 saturated carbocycles. The number of hydrogen-bond acceptors (Lipinski definition) is 4. The normalized spacial score (nSPS) is 10.6. The average molecular weight is 383 g/mol. The molecule has 3 N–H and O–H groups in total. The van der Waals surface area contributed by atoms with Gasteiger partial charge in [-0.1, -0.05) is 23.7 Å². The van der Waals surface area contributed by atoms with Crippen LogP contribution in [-0.2, 0) is 16.0 Å². The summed E-state index contributed by atoms with van der Waals surface area (Å²) in [5, 5.41) is 18.1. The molecule has 6 nitrogen and oxygen atoms in total. The molecule has 0 saturated heterocycles. The zero-order chi connectivity index (χ0) is 19.6. The molecular formula is C20H19ClN4O2. The van der Waals surface area contributed by atoms with E-state index >= 15 is 0 Å². The van der Waals surface area contributed by atoms with Gasteiger partial charge in [0.05, 0.1) is 0 Å². The summed E-state index contributed by atoms with van der Waals surface area (Å²) in [5.41, 5.74) is 2.22. The number of amides is 2. The van der Waals surface area contributed by atoms with Crippen molar-refractivity contribution in [3.63, 3.8) is 0 Å². The Bertz CT molecular complexity index is 868. The second-order valence-electron chi connectivity index (χ2n) is 5.71. The van der Waals surface area contributed by atoms with E-state index in [-0.39, 0.29) is 11.5 Å². The first-order valence-electron chi connectivity index (χ1n) is 8.25. The monoisotopic (exact) mass is 382 g/mol. The van der Waals surface area contributed by atoms with Crippen LogP contribution in [-0.4, -0.2) is 18.4 Å². The van der Waals surface area contributed by atoms with E-state index in [1.165, 1.54) is 13.1 Å². The van der Waals surface area contributed by atoms with Gasteiger partial charge >= 0.3 is 0 Å². The van der Waals surface area contributed by atoms with Gasteiger partial charge in [0, 0.05) is 36.1 Å². The van der Waals surface area contributed by atoms with Crippen molar-refractivity contribution >= 4 is 34.8 Å². The zero-order valence-electron chi connectivity index (χ0n) is 14.8. The van der Waals surface area contributed by atoms with E-state index in [1.54, 1.807) is 24.3 Å². The van der Waals surface area contributed by atoms with Crippen LogP contribution in [0.15, 0.2) is 60.3 Å². The van der Waals surface area contributed by atoms with Gasteiger partial charge in [-0.3, -0.25) is 9.59 Å². The number of halogens is 1. The first-order chi connectivity index (χ1) is 13.0. The van der Waals surface area contributed by atoms with Crippen LogP contribution < -0.4 is 16.0 Å². The van der Waals surface area contributed by atoms with E-state index in [0.717, 1.165) is 12.0 Å². The summed E-state index contributed by atoms with van der Waals surface area (Å²) in [7, 11) is 0. The summed E-state index contributed by atoms with van der Waals surface area (Å²) in [6.45, 7) is 1.99. The van der Waals surface area contributed by atoms with E-state index in [4.69, 9.17) is 11.6 Å². The number of anilines is 2. The second-order valence-corrected chi connectivity index (χ2v) is 6.15. The highest BCUT2D eigenvalue weighted by molar-refractivity contribution is 6.30. The Morgan fingerprint density at radius 1 is 1.04 bits per heavy atom. The van der Waals surface area contributed by atoms with Gasteiger partial charge in [0.25, 0.3) is 5.91 Å². The molecule has 0 aromatic heterocycles. The van der Waals surface area contributed by atoms with E-state index in [9.17, 15) is 14.9 Å². The molecule has 0 spiro atoms. The molecule has 0 aliphatic carbocycles. The lowest BCUT2D eigenvalue weighted by atomic mass is 10.1. The SMILES string of the molecule is CC(=O)Nc1ccc(NC(=O)/C(C#N)=C\NCCc2ccc(Cl)cc2)cc1. The number of benzene rings is 2. The quantitative estimate of drug-likeness (QED) is 0.388. The lowest BCUT2D eigenvalue weighted by Gasteiger charge is -2.07. The summed E-state index contributed by atoms with van der Waals surface area (Å²) >= 11 is 5.84. The molecule has 0 fully saturated rings. The molecule has 0 heterocycles. The van der Waals surface area contributed by atoms with Crippen LogP contribution in [0.3, 0.4) is 0 Å².